The van der Waals surface area contributed by atoms with Gasteiger partial charge in [-0.05, 0) is 35.4 Å². The summed E-state index contributed by atoms with van der Waals surface area (Å²) < 4.78 is 34.1. The van der Waals surface area contributed by atoms with Crippen LogP contribution in [-0.4, -0.2) is 26.3 Å². The fraction of sp³-hybridized carbons (Fsp3) is 0.0435. The number of aromatic nitrogens is 4. The van der Waals surface area contributed by atoms with Gasteiger partial charge in [-0.15, -0.1) is 0 Å². The van der Waals surface area contributed by atoms with E-state index in [-0.39, 0.29) is 29.1 Å². The molecule has 0 saturated carbocycles. The number of ether oxygens (including phenoxy) is 1. The van der Waals surface area contributed by atoms with Crippen molar-refractivity contribution >= 4 is 27.9 Å². The van der Waals surface area contributed by atoms with Crippen molar-refractivity contribution in [3.05, 3.63) is 87.8 Å². The molecule has 5 rings (SSSR count). The normalized spacial score (nSPS) is 11.2. The summed E-state index contributed by atoms with van der Waals surface area (Å²) in [5.74, 6) is -1.48. The Bertz CT molecular complexity index is 1610. The number of nitrogens with two attached hydrogens (primary N) is 1. The summed E-state index contributed by atoms with van der Waals surface area (Å²) in [6, 6.07) is 13.8. The van der Waals surface area contributed by atoms with Crippen LogP contribution in [0.1, 0.15) is 11.3 Å². The molecule has 0 bridgehead atoms. The zero-order valence-corrected chi connectivity index (χ0v) is 16.9. The maximum Gasteiger partial charge on any atom is 0.412 e. The molecule has 2 heterocycles. The second kappa shape index (κ2) is 7.83. The molecule has 3 aromatic carbocycles. The van der Waals surface area contributed by atoms with E-state index in [0.29, 0.717) is 33.1 Å². The van der Waals surface area contributed by atoms with Gasteiger partial charge < -0.3 is 15.5 Å². The number of fused-ring (bicyclic) bond motifs is 2. The predicted octanol–water partition coefficient (Wildman–Crippen LogP) is 3.79. The van der Waals surface area contributed by atoms with Gasteiger partial charge in [-0.3, -0.25) is 4.79 Å². The first-order chi connectivity index (χ1) is 15.9. The van der Waals surface area contributed by atoms with Crippen LogP contribution in [0, 0.1) is 11.6 Å². The third kappa shape index (κ3) is 3.78. The number of nitrogens with one attached hydrogen (secondary N) is 2. The highest BCUT2D eigenvalue weighted by atomic mass is 19.1. The lowest BCUT2D eigenvalue weighted by molar-refractivity contribution is 0.207. The van der Waals surface area contributed by atoms with Gasteiger partial charge in [0.1, 0.15) is 11.6 Å². The van der Waals surface area contributed by atoms with Gasteiger partial charge in [-0.1, -0.05) is 24.3 Å². The Kier molecular flexibility index (Phi) is 4.82. The molecule has 0 aliphatic heterocycles. The average molecular weight is 447 g/mol. The molecule has 33 heavy (non-hydrogen) atoms. The van der Waals surface area contributed by atoms with E-state index in [1.54, 1.807) is 42.5 Å². The lowest BCUT2D eigenvalue weighted by Gasteiger charge is -2.10. The lowest BCUT2D eigenvalue weighted by Crippen LogP contribution is -2.16. The van der Waals surface area contributed by atoms with Crippen molar-refractivity contribution in [2.75, 3.05) is 0 Å². The van der Waals surface area contributed by atoms with Gasteiger partial charge in [-0.2, -0.15) is 10.1 Å². The van der Waals surface area contributed by atoms with Crippen LogP contribution in [0.2, 0.25) is 0 Å². The topological polar surface area (TPSA) is 127 Å². The monoisotopic (exact) mass is 447 g/mol. The van der Waals surface area contributed by atoms with E-state index >= 15 is 0 Å². The molecule has 4 N–H and O–H groups in total. The molecule has 0 unspecified atom stereocenters. The minimum Gasteiger partial charge on any atom is -0.376 e. The largest absolute Gasteiger partial charge is 0.412 e. The number of aromatic amines is 2. The SMILES string of the molecule is NC(=O)Oc1nc2ccc(-c3cc(Cc4n[nH]c(=O)c5ccccc45)c(F)cc3F)cc2[nH]1. The molecule has 164 valence electrons. The maximum atomic E-state index is 14.7. The number of H-pyrrole nitrogens is 2. The Morgan fingerprint density at radius 1 is 1.03 bits per heavy atom. The Morgan fingerprint density at radius 3 is 2.61 bits per heavy atom. The first-order valence-corrected chi connectivity index (χ1v) is 9.80. The van der Waals surface area contributed by atoms with Gasteiger partial charge in [0.2, 0.25) is 0 Å². The van der Waals surface area contributed by atoms with Crippen molar-refractivity contribution in [2.24, 2.45) is 5.73 Å². The smallest absolute Gasteiger partial charge is 0.376 e. The molecule has 0 aliphatic rings. The number of benzene rings is 3. The summed E-state index contributed by atoms with van der Waals surface area (Å²) in [5, 5.41) is 7.51. The van der Waals surface area contributed by atoms with Crippen molar-refractivity contribution in [3.8, 4) is 17.1 Å². The van der Waals surface area contributed by atoms with Gasteiger partial charge in [0.25, 0.3) is 5.56 Å². The van der Waals surface area contributed by atoms with Gasteiger partial charge in [0.15, 0.2) is 0 Å². The van der Waals surface area contributed by atoms with Crippen molar-refractivity contribution in [2.45, 2.75) is 6.42 Å². The minimum atomic E-state index is -1.02. The number of nitrogens with zero attached hydrogens (tertiary/aromatic N) is 2. The molecule has 10 heteroatoms. The zero-order valence-electron chi connectivity index (χ0n) is 16.9. The fourth-order valence-corrected chi connectivity index (χ4v) is 3.73. The molecule has 8 nitrogen and oxygen atoms in total. The zero-order chi connectivity index (χ0) is 23.1. The summed E-state index contributed by atoms with van der Waals surface area (Å²) in [5.41, 5.74) is 6.88. The maximum absolute atomic E-state index is 14.7. The van der Waals surface area contributed by atoms with Gasteiger partial charge in [0.05, 0.1) is 22.1 Å². The Balaban J connectivity index is 1.57. The molecule has 0 atom stereocenters. The van der Waals surface area contributed by atoms with Crippen LogP contribution in [0.25, 0.3) is 32.9 Å². The standard InChI is InChI=1S/C23H15F2N5O3/c24-16-10-17(25)15(11-5-6-18-20(8-11)28-23(27-18)33-22(26)32)7-12(16)9-19-13-3-1-2-4-14(13)21(31)30-29-19/h1-8,10H,9H2,(H2,26,32)(H,27,28)(H,30,31). The van der Waals surface area contributed by atoms with Crippen molar-refractivity contribution < 1.29 is 18.3 Å². The van der Waals surface area contributed by atoms with Crippen LogP contribution in [-0.2, 0) is 6.42 Å². The second-order valence-electron chi connectivity index (χ2n) is 7.34. The number of imidazole rings is 1. The van der Waals surface area contributed by atoms with Crippen molar-refractivity contribution in [1.29, 1.82) is 0 Å². The molecule has 0 radical (unpaired) electrons. The highest BCUT2D eigenvalue weighted by molar-refractivity contribution is 5.84. The molecular formula is C23H15F2N5O3. The van der Waals surface area contributed by atoms with E-state index < -0.39 is 17.7 Å². The van der Waals surface area contributed by atoms with Gasteiger partial charge in [0, 0.05) is 23.4 Å². The summed E-state index contributed by atoms with van der Waals surface area (Å²) in [4.78, 5) is 29.8. The van der Waals surface area contributed by atoms with Gasteiger partial charge >= 0.3 is 12.1 Å². The summed E-state index contributed by atoms with van der Waals surface area (Å²) in [7, 11) is 0. The van der Waals surface area contributed by atoms with Crippen LogP contribution in [0.5, 0.6) is 6.01 Å². The average Bonchev–Trinajstić information content (AvgIpc) is 3.18. The van der Waals surface area contributed by atoms with E-state index in [4.69, 9.17) is 10.5 Å². The van der Waals surface area contributed by atoms with E-state index in [1.807, 2.05) is 0 Å². The molecule has 2 aromatic heterocycles. The lowest BCUT2D eigenvalue weighted by atomic mass is 9.98. The third-order valence-electron chi connectivity index (χ3n) is 5.24. The van der Waals surface area contributed by atoms with E-state index in [1.165, 1.54) is 6.07 Å². The minimum absolute atomic E-state index is 0.0410. The van der Waals surface area contributed by atoms with E-state index in [9.17, 15) is 18.4 Å². The molecule has 0 aliphatic carbocycles. The highest BCUT2D eigenvalue weighted by Crippen LogP contribution is 2.30. The quantitative estimate of drug-likeness (QED) is 0.386. The van der Waals surface area contributed by atoms with Gasteiger partial charge in [-0.25, -0.2) is 18.7 Å². The Labute approximate surface area is 184 Å². The molecule has 1 amide bonds. The Hall–Kier alpha value is -4.60. The Morgan fingerprint density at radius 2 is 1.82 bits per heavy atom. The predicted molar refractivity (Wildman–Crippen MR) is 117 cm³/mol. The van der Waals surface area contributed by atoms with E-state index in [2.05, 4.69) is 20.2 Å². The summed E-state index contributed by atoms with van der Waals surface area (Å²) in [6.45, 7) is 0. The van der Waals surface area contributed by atoms with E-state index in [0.717, 1.165) is 6.07 Å². The molecule has 0 saturated heterocycles. The number of rotatable bonds is 4. The highest BCUT2D eigenvalue weighted by Gasteiger charge is 2.16. The van der Waals surface area contributed by atoms with Crippen LogP contribution in [0.15, 0.2) is 59.4 Å². The molecule has 0 spiro atoms. The number of carbonyl (C=O) groups excluding carboxylic acids is 1. The fourth-order valence-electron chi connectivity index (χ4n) is 3.73. The summed E-state index contributed by atoms with van der Waals surface area (Å²) >= 11 is 0. The number of hydrogen-bond acceptors (Lipinski definition) is 5. The first-order valence-electron chi connectivity index (χ1n) is 9.80. The number of hydrogen-bond donors (Lipinski definition) is 3. The number of carbonyl (C=O) groups is 1. The van der Waals surface area contributed by atoms with Crippen LogP contribution in [0.4, 0.5) is 13.6 Å². The van der Waals surface area contributed by atoms with Crippen molar-refractivity contribution in [3.63, 3.8) is 0 Å². The second-order valence-corrected chi connectivity index (χ2v) is 7.34. The number of halogens is 2. The molecule has 5 aromatic rings. The number of primary amides is 1. The first kappa shape index (κ1) is 20.3. The van der Waals surface area contributed by atoms with Crippen LogP contribution in [0.3, 0.4) is 0 Å². The van der Waals surface area contributed by atoms with Crippen molar-refractivity contribution in [1.82, 2.24) is 20.2 Å². The summed E-state index contributed by atoms with van der Waals surface area (Å²) in [6.07, 6.45) is -0.980. The molecular weight excluding hydrogens is 432 g/mol. The van der Waals surface area contributed by atoms with Crippen LogP contribution >= 0.6 is 0 Å². The van der Waals surface area contributed by atoms with Crippen LogP contribution < -0.4 is 16.0 Å². The third-order valence-corrected chi connectivity index (χ3v) is 5.24. The molecule has 0 fully saturated rings. The number of amides is 1.